The minimum atomic E-state index is -0.289. The van der Waals surface area contributed by atoms with Gasteiger partial charge in [0.1, 0.15) is 0 Å². The van der Waals surface area contributed by atoms with Crippen molar-refractivity contribution >= 4 is 10.8 Å². The van der Waals surface area contributed by atoms with Crippen molar-refractivity contribution in [3.05, 3.63) is 94.2 Å². The fourth-order valence-electron chi connectivity index (χ4n) is 3.29. The Bertz CT molecular complexity index is 1270. The molecule has 0 saturated carbocycles. The molecule has 0 fully saturated rings. The minimum absolute atomic E-state index is 0.118. The molecule has 1 unspecified atom stereocenters. The van der Waals surface area contributed by atoms with Crippen molar-refractivity contribution in [2.75, 3.05) is 0 Å². The van der Waals surface area contributed by atoms with E-state index in [0.717, 1.165) is 22.3 Å². The van der Waals surface area contributed by atoms with Crippen LogP contribution >= 0.6 is 0 Å². The van der Waals surface area contributed by atoms with Gasteiger partial charge in [0.15, 0.2) is 0 Å². The summed E-state index contributed by atoms with van der Waals surface area (Å²) in [6.07, 6.45) is 3.54. The summed E-state index contributed by atoms with van der Waals surface area (Å²) in [6.45, 7) is 1.88. The first-order chi connectivity index (χ1) is 13.5. The van der Waals surface area contributed by atoms with E-state index in [9.17, 15) is 4.79 Å². The summed E-state index contributed by atoms with van der Waals surface area (Å²) < 4.78 is 3.38. The van der Waals surface area contributed by atoms with Gasteiger partial charge in [-0.3, -0.25) is 14.0 Å². The first-order valence-electron chi connectivity index (χ1n) is 9.05. The maximum Gasteiger partial charge on any atom is 0.264 e. The molecule has 138 valence electrons. The molecule has 28 heavy (non-hydrogen) atoms. The third-order valence-corrected chi connectivity index (χ3v) is 4.60. The predicted octanol–water partition coefficient (Wildman–Crippen LogP) is 3.14. The van der Waals surface area contributed by atoms with E-state index in [-0.39, 0.29) is 11.6 Å². The molecule has 4 rings (SSSR count). The van der Waals surface area contributed by atoms with E-state index in [0.29, 0.717) is 10.9 Å². The topological polar surface area (TPSA) is 65.8 Å². The number of rotatable bonds is 2. The Morgan fingerprint density at radius 1 is 1.07 bits per heavy atom. The van der Waals surface area contributed by atoms with Crippen molar-refractivity contribution in [2.45, 2.75) is 13.0 Å². The molecular formula is C23H20N4O. The van der Waals surface area contributed by atoms with E-state index in [4.69, 9.17) is 5.73 Å². The fraction of sp³-hybridized carbons (Fsp3) is 0.130. The number of nitrogens with two attached hydrogens (primary N) is 1. The highest BCUT2D eigenvalue weighted by Gasteiger charge is 2.15. The number of pyridine rings is 1. The highest BCUT2D eigenvalue weighted by atomic mass is 16.1. The van der Waals surface area contributed by atoms with Crippen LogP contribution < -0.4 is 11.3 Å². The molecule has 0 bridgehead atoms. The zero-order chi connectivity index (χ0) is 19.7. The second-order valence-corrected chi connectivity index (χ2v) is 6.76. The molecule has 5 nitrogen and oxygen atoms in total. The SMILES string of the molecule is CC(N)c1cc2cccc(C#Cc3cnn(C)c3)c2c(=O)n1-c1ccccc1. The third kappa shape index (κ3) is 3.22. The number of benzene rings is 2. The van der Waals surface area contributed by atoms with Crippen LogP contribution in [0.5, 0.6) is 0 Å². The summed E-state index contributed by atoms with van der Waals surface area (Å²) in [6, 6.07) is 16.9. The number of para-hydroxylation sites is 1. The van der Waals surface area contributed by atoms with Crippen LogP contribution in [0.3, 0.4) is 0 Å². The minimum Gasteiger partial charge on any atom is -0.323 e. The summed E-state index contributed by atoms with van der Waals surface area (Å²) in [5.74, 6) is 6.23. The van der Waals surface area contributed by atoms with Gasteiger partial charge in [-0.15, -0.1) is 0 Å². The van der Waals surface area contributed by atoms with Crippen LogP contribution in [-0.4, -0.2) is 14.3 Å². The summed E-state index contributed by atoms with van der Waals surface area (Å²) in [4.78, 5) is 13.5. The number of aromatic nitrogens is 3. The molecule has 0 spiro atoms. The van der Waals surface area contributed by atoms with Gasteiger partial charge in [0, 0.05) is 36.2 Å². The Hall–Kier alpha value is -3.62. The standard InChI is InChI=1S/C23H20N4O/c1-16(24)21-13-19-8-6-7-18(12-11-17-14-25-26(2)15-17)22(19)23(28)27(21)20-9-4-3-5-10-20/h3-10,13-16H,24H2,1-2H3. The second-order valence-electron chi connectivity index (χ2n) is 6.76. The Kier molecular flexibility index (Phi) is 4.56. The van der Waals surface area contributed by atoms with E-state index in [1.54, 1.807) is 15.4 Å². The van der Waals surface area contributed by atoms with Crippen molar-refractivity contribution in [1.82, 2.24) is 14.3 Å². The van der Waals surface area contributed by atoms with Gasteiger partial charge in [0.05, 0.1) is 17.1 Å². The van der Waals surface area contributed by atoms with Gasteiger partial charge < -0.3 is 5.73 Å². The first-order valence-corrected chi connectivity index (χ1v) is 9.05. The summed E-state index contributed by atoms with van der Waals surface area (Å²) >= 11 is 0. The average Bonchev–Trinajstić information content (AvgIpc) is 3.11. The van der Waals surface area contributed by atoms with Gasteiger partial charge in [-0.1, -0.05) is 42.2 Å². The van der Waals surface area contributed by atoms with Crippen molar-refractivity contribution in [2.24, 2.45) is 12.8 Å². The van der Waals surface area contributed by atoms with Gasteiger partial charge in [0.2, 0.25) is 0 Å². The molecule has 0 aliphatic carbocycles. The zero-order valence-electron chi connectivity index (χ0n) is 15.8. The Balaban J connectivity index is 2.00. The molecule has 2 N–H and O–H groups in total. The maximum atomic E-state index is 13.5. The van der Waals surface area contributed by atoms with Crippen LogP contribution in [0, 0.1) is 11.8 Å². The lowest BCUT2D eigenvalue weighted by Gasteiger charge is -2.17. The monoisotopic (exact) mass is 368 g/mol. The van der Waals surface area contributed by atoms with Crippen LogP contribution in [0.25, 0.3) is 16.5 Å². The molecule has 2 heterocycles. The molecule has 0 aliphatic rings. The second kappa shape index (κ2) is 7.18. The van der Waals surface area contributed by atoms with Crippen LogP contribution in [0.1, 0.15) is 29.8 Å². The Labute approximate surface area is 163 Å². The highest BCUT2D eigenvalue weighted by Crippen LogP contribution is 2.22. The van der Waals surface area contributed by atoms with E-state index in [1.807, 2.05) is 74.8 Å². The van der Waals surface area contributed by atoms with Gasteiger partial charge in [0.25, 0.3) is 5.56 Å². The van der Waals surface area contributed by atoms with Crippen molar-refractivity contribution in [1.29, 1.82) is 0 Å². The summed E-state index contributed by atoms with van der Waals surface area (Å²) in [5.41, 5.74) is 9.11. The zero-order valence-corrected chi connectivity index (χ0v) is 15.8. The van der Waals surface area contributed by atoms with Gasteiger partial charge in [-0.2, -0.15) is 5.10 Å². The smallest absolute Gasteiger partial charge is 0.264 e. The van der Waals surface area contributed by atoms with Crippen LogP contribution in [-0.2, 0) is 7.05 Å². The number of fused-ring (bicyclic) bond motifs is 1. The number of nitrogens with zero attached hydrogens (tertiary/aromatic N) is 3. The highest BCUT2D eigenvalue weighted by molar-refractivity contribution is 5.88. The van der Waals surface area contributed by atoms with Crippen LogP contribution in [0.2, 0.25) is 0 Å². The van der Waals surface area contributed by atoms with Crippen molar-refractivity contribution < 1.29 is 0 Å². The largest absolute Gasteiger partial charge is 0.323 e. The lowest BCUT2D eigenvalue weighted by Crippen LogP contribution is -2.26. The first kappa shape index (κ1) is 17.8. The molecule has 1 atom stereocenters. The molecule has 4 aromatic rings. The molecule has 2 aromatic heterocycles. The van der Waals surface area contributed by atoms with Crippen molar-refractivity contribution in [3.63, 3.8) is 0 Å². The van der Waals surface area contributed by atoms with E-state index in [2.05, 4.69) is 16.9 Å². The van der Waals surface area contributed by atoms with Crippen molar-refractivity contribution in [3.8, 4) is 17.5 Å². The lowest BCUT2D eigenvalue weighted by atomic mass is 10.0. The molecular weight excluding hydrogens is 348 g/mol. The van der Waals surface area contributed by atoms with E-state index < -0.39 is 0 Å². The maximum absolute atomic E-state index is 13.5. The Morgan fingerprint density at radius 3 is 2.54 bits per heavy atom. The average molecular weight is 368 g/mol. The van der Waals surface area contributed by atoms with Gasteiger partial charge in [-0.05, 0) is 36.6 Å². The number of hydrogen-bond donors (Lipinski definition) is 1. The van der Waals surface area contributed by atoms with E-state index in [1.165, 1.54) is 0 Å². The van der Waals surface area contributed by atoms with Crippen LogP contribution in [0.4, 0.5) is 0 Å². The third-order valence-electron chi connectivity index (χ3n) is 4.60. The summed E-state index contributed by atoms with van der Waals surface area (Å²) in [5, 5.41) is 5.55. The molecule has 2 aromatic carbocycles. The molecule has 0 radical (unpaired) electrons. The van der Waals surface area contributed by atoms with Crippen LogP contribution in [0.15, 0.2) is 71.8 Å². The quantitative estimate of drug-likeness (QED) is 0.553. The number of aryl methyl sites for hydroxylation is 1. The normalized spacial score (nSPS) is 11.8. The molecule has 0 amide bonds. The van der Waals surface area contributed by atoms with Gasteiger partial charge >= 0.3 is 0 Å². The summed E-state index contributed by atoms with van der Waals surface area (Å²) in [7, 11) is 1.84. The molecule has 0 aliphatic heterocycles. The molecule has 5 heteroatoms. The lowest BCUT2D eigenvalue weighted by molar-refractivity contribution is 0.734. The number of hydrogen-bond acceptors (Lipinski definition) is 3. The predicted molar refractivity (Wildman–Crippen MR) is 111 cm³/mol. The van der Waals surface area contributed by atoms with E-state index >= 15 is 0 Å². The van der Waals surface area contributed by atoms with Gasteiger partial charge in [-0.25, -0.2) is 0 Å². The fourth-order valence-corrected chi connectivity index (χ4v) is 3.29. The Morgan fingerprint density at radius 2 is 1.86 bits per heavy atom. The molecule has 0 saturated heterocycles.